The highest BCUT2D eigenvalue weighted by Gasteiger charge is 2.19. The van der Waals surface area contributed by atoms with Crippen molar-refractivity contribution >= 4 is 6.09 Å². The first-order chi connectivity index (χ1) is 7.49. The molecular formula is C12H18N2O2. The second-order valence-electron chi connectivity index (χ2n) is 4.25. The van der Waals surface area contributed by atoms with E-state index in [4.69, 9.17) is 16.2 Å². The summed E-state index contributed by atoms with van der Waals surface area (Å²) in [4.78, 5) is 10.5. The zero-order valence-corrected chi connectivity index (χ0v) is 9.48. The van der Waals surface area contributed by atoms with Crippen molar-refractivity contribution in [3.8, 4) is 0 Å². The van der Waals surface area contributed by atoms with E-state index in [2.05, 4.69) is 0 Å². The monoisotopic (exact) mass is 222 g/mol. The average Bonchev–Trinajstić information content (AvgIpc) is 2.26. The van der Waals surface area contributed by atoms with Gasteiger partial charge in [0.25, 0.3) is 0 Å². The number of carbonyl (C=O) groups excluding carboxylic acids is 1. The van der Waals surface area contributed by atoms with Gasteiger partial charge < -0.3 is 16.2 Å². The van der Waals surface area contributed by atoms with Crippen molar-refractivity contribution in [2.24, 2.45) is 11.5 Å². The van der Waals surface area contributed by atoms with Gasteiger partial charge in [0, 0.05) is 5.54 Å². The number of hydrogen-bond donors (Lipinski definition) is 2. The fourth-order valence-electron chi connectivity index (χ4n) is 1.38. The van der Waals surface area contributed by atoms with Crippen LogP contribution in [0.1, 0.15) is 18.9 Å². The number of ether oxygens (including phenoxy) is 1. The Balaban J connectivity index is 2.38. The Morgan fingerprint density at radius 3 is 2.56 bits per heavy atom. The van der Waals surface area contributed by atoms with Crippen LogP contribution in [0.15, 0.2) is 30.3 Å². The van der Waals surface area contributed by atoms with E-state index in [1.54, 1.807) is 0 Å². The maximum atomic E-state index is 10.5. The second kappa shape index (κ2) is 5.51. The normalized spacial score (nSPS) is 14.1. The van der Waals surface area contributed by atoms with Crippen molar-refractivity contribution in [3.05, 3.63) is 35.9 Å². The smallest absolute Gasteiger partial charge is 0.404 e. The van der Waals surface area contributed by atoms with E-state index in [-0.39, 0.29) is 6.61 Å². The summed E-state index contributed by atoms with van der Waals surface area (Å²) in [5, 5.41) is 0. The maximum Gasteiger partial charge on any atom is 0.404 e. The van der Waals surface area contributed by atoms with Crippen LogP contribution in [0, 0.1) is 0 Å². The van der Waals surface area contributed by atoms with Crippen LogP contribution in [0.2, 0.25) is 0 Å². The average molecular weight is 222 g/mol. The van der Waals surface area contributed by atoms with Gasteiger partial charge in [-0.25, -0.2) is 4.79 Å². The summed E-state index contributed by atoms with van der Waals surface area (Å²) in [5.41, 5.74) is 11.6. The molecule has 1 unspecified atom stereocenters. The Labute approximate surface area is 95.6 Å². The lowest BCUT2D eigenvalue weighted by Crippen LogP contribution is -2.43. The predicted molar refractivity (Wildman–Crippen MR) is 62.9 cm³/mol. The highest BCUT2D eigenvalue weighted by Crippen LogP contribution is 2.12. The van der Waals surface area contributed by atoms with Crippen LogP contribution in [0.5, 0.6) is 0 Å². The van der Waals surface area contributed by atoms with Crippen molar-refractivity contribution in [1.29, 1.82) is 0 Å². The molecule has 0 aliphatic heterocycles. The molecule has 0 aliphatic rings. The van der Waals surface area contributed by atoms with Crippen molar-refractivity contribution in [2.75, 3.05) is 6.61 Å². The fraction of sp³-hybridized carbons (Fsp3) is 0.417. The maximum absolute atomic E-state index is 10.5. The van der Waals surface area contributed by atoms with Gasteiger partial charge in [0.15, 0.2) is 0 Å². The van der Waals surface area contributed by atoms with Crippen LogP contribution < -0.4 is 11.5 Å². The highest BCUT2D eigenvalue weighted by molar-refractivity contribution is 5.64. The lowest BCUT2D eigenvalue weighted by atomic mass is 9.95. The molecule has 4 N–H and O–H groups in total. The molecule has 0 bridgehead atoms. The first-order valence-corrected chi connectivity index (χ1v) is 5.25. The zero-order chi connectivity index (χ0) is 12.0. The molecule has 0 saturated heterocycles. The van der Waals surface area contributed by atoms with Crippen LogP contribution in [0.25, 0.3) is 0 Å². The number of aryl methyl sites for hydroxylation is 1. The summed E-state index contributed by atoms with van der Waals surface area (Å²) in [6.45, 7) is 1.99. The van der Waals surface area contributed by atoms with Gasteiger partial charge in [0.05, 0.1) is 0 Å². The minimum absolute atomic E-state index is 0.148. The topological polar surface area (TPSA) is 78.3 Å². The Hall–Kier alpha value is -1.55. The SMILES string of the molecule is CC(N)(CCc1ccccc1)COC(N)=O. The third-order valence-corrected chi connectivity index (χ3v) is 2.37. The molecule has 1 amide bonds. The van der Waals surface area contributed by atoms with E-state index in [1.807, 2.05) is 37.3 Å². The molecule has 1 rings (SSSR count). The molecule has 0 aliphatic carbocycles. The molecule has 0 saturated carbocycles. The minimum Gasteiger partial charge on any atom is -0.448 e. The van der Waals surface area contributed by atoms with Gasteiger partial charge in [-0.15, -0.1) is 0 Å². The molecule has 1 aromatic carbocycles. The molecule has 0 radical (unpaired) electrons. The van der Waals surface area contributed by atoms with Crippen molar-refractivity contribution in [1.82, 2.24) is 0 Å². The van der Waals surface area contributed by atoms with Gasteiger partial charge >= 0.3 is 6.09 Å². The first kappa shape index (κ1) is 12.5. The molecule has 4 nitrogen and oxygen atoms in total. The lowest BCUT2D eigenvalue weighted by molar-refractivity contribution is 0.127. The van der Waals surface area contributed by atoms with Gasteiger partial charge in [-0.05, 0) is 25.3 Å². The second-order valence-corrected chi connectivity index (χ2v) is 4.25. The number of nitrogens with two attached hydrogens (primary N) is 2. The molecule has 4 heteroatoms. The molecule has 0 heterocycles. The molecule has 1 aromatic rings. The number of carbonyl (C=O) groups is 1. The van der Waals surface area contributed by atoms with Crippen LogP contribution >= 0.6 is 0 Å². The van der Waals surface area contributed by atoms with Crippen molar-refractivity contribution in [3.63, 3.8) is 0 Å². The number of benzene rings is 1. The third kappa shape index (κ3) is 4.79. The summed E-state index contributed by atoms with van der Waals surface area (Å²) in [6.07, 6.45) is 0.816. The summed E-state index contributed by atoms with van der Waals surface area (Å²) >= 11 is 0. The van der Waals surface area contributed by atoms with Crippen LogP contribution in [-0.4, -0.2) is 18.2 Å². The van der Waals surface area contributed by atoms with Crippen LogP contribution in [0.3, 0.4) is 0 Å². The summed E-state index contributed by atoms with van der Waals surface area (Å²) in [5.74, 6) is 0. The highest BCUT2D eigenvalue weighted by atomic mass is 16.5. The van der Waals surface area contributed by atoms with Crippen molar-refractivity contribution < 1.29 is 9.53 Å². The number of rotatable bonds is 5. The molecule has 16 heavy (non-hydrogen) atoms. The van der Waals surface area contributed by atoms with Crippen LogP contribution in [0.4, 0.5) is 4.79 Å². The molecule has 1 atom stereocenters. The van der Waals surface area contributed by atoms with E-state index in [9.17, 15) is 4.79 Å². The van der Waals surface area contributed by atoms with Gasteiger partial charge in [0.2, 0.25) is 0 Å². The van der Waals surface area contributed by atoms with Gasteiger partial charge in [0.1, 0.15) is 6.61 Å². The zero-order valence-electron chi connectivity index (χ0n) is 9.48. The van der Waals surface area contributed by atoms with E-state index in [0.717, 1.165) is 12.8 Å². The number of primary amides is 1. The Morgan fingerprint density at radius 1 is 1.38 bits per heavy atom. The van der Waals surface area contributed by atoms with E-state index in [0.29, 0.717) is 0 Å². The molecular weight excluding hydrogens is 204 g/mol. The van der Waals surface area contributed by atoms with E-state index in [1.165, 1.54) is 5.56 Å². The van der Waals surface area contributed by atoms with Gasteiger partial charge in [-0.2, -0.15) is 0 Å². The minimum atomic E-state index is -0.781. The molecule has 0 aromatic heterocycles. The largest absolute Gasteiger partial charge is 0.448 e. The summed E-state index contributed by atoms with van der Waals surface area (Å²) < 4.78 is 4.71. The Bertz CT molecular complexity index is 336. The molecule has 0 fully saturated rings. The predicted octanol–water partition coefficient (Wildman–Crippen LogP) is 1.43. The Kier molecular flexibility index (Phi) is 4.31. The standard InChI is InChI=1S/C12H18N2O2/c1-12(14,9-16-11(13)15)8-7-10-5-3-2-4-6-10/h2-6H,7-9,14H2,1H3,(H2,13,15). The quantitative estimate of drug-likeness (QED) is 0.791. The summed E-state index contributed by atoms with van der Waals surface area (Å²) in [7, 11) is 0. The van der Waals surface area contributed by atoms with E-state index < -0.39 is 11.6 Å². The third-order valence-electron chi connectivity index (χ3n) is 2.37. The summed E-state index contributed by atoms with van der Waals surface area (Å²) in [6, 6.07) is 10.0. The molecule has 88 valence electrons. The van der Waals surface area contributed by atoms with Gasteiger partial charge in [-0.1, -0.05) is 30.3 Å². The molecule has 0 spiro atoms. The van der Waals surface area contributed by atoms with Crippen molar-refractivity contribution in [2.45, 2.75) is 25.3 Å². The van der Waals surface area contributed by atoms with Gasteiger partial charge in [-0.3, -0.25) is 0 Å². The fourth-order valence-corrected chi connectivity index (χ4v) is 1.38. The lowest BCUT2D eigenvalue weighted by Gasteiger charge is -2.23. The Morgan fingerprint density at radius 2 is 2.00 bits per heavy atom. The number of hydrogen-bond acceptors (Lipinski definition) is 3. The van der Waals surface area contributed by atoms with Crippen LogP contribution in [-0.2, 0) is 11.2 Å². The first-order valence-electron chi connectivity index (χ1n) is 5.25. The van der Waals surface area contributed by atoms with E-state index >= 15 is 0 Å². The number of amides is 1.